The number of aryl methyl sites for hydroxylation is 1. The number of nitrogens with zero attached hydrogens (tertiary/aromatic N) is 3. The molecule has 1 amide bonds. The first-order valence-electron chi connectivity index (χ1n) is 13.2. The van der Waals surface area contributed by atoms with Crippen LogP contribution in [-0.2, 0) is 22.4 Å². The lowest BCUT2D eigenvalue weighted by molar-refractivity contribution is -0.137. The lowest BCUT2D eigenvalue weighted by atomic mass is 10.1. The van der Waals surface area contributed by atoms with Gasteiger partial charge in [-0.15, -0.1) is 0 Å². The van der Waals surface area contributed by atoms with Crippen LogP contribution in [0.25, 0.3) is 16.6 Å². The lowest BCUT2D eigenvalue weighted by Gasteiger charge is -2.26. The zero-order chi connectivity index (χ0) is 28.1. The zero-order valence-electron chi connectivity index (χ0n) is 22.5. The average molecular weight is 542 g/mol. The number of hydrogen-bond acceptors (Lipinski definition) is 6. The number of para-hydroxylation sites is 1. The predicted molar refractivity (Wildman–Crippen MR) is 152 cm³/mol. The second kappa shape index (κ2) is 11.9. The van der Waals surface area contributed by atoms with Gasteiger partial charge in [0, 0.05) is 41.9 Å². The van der Waals surface area contributed by atoms with E-state index in [2.05, 4.69) is 4.98 Å². The molecule has 0 saturated heterocycles. The van der Waals surface area contributed by atoms with Crippen molar-refractivity contribution in [3.8, 4) is 11.5 Å². The third-order valence-corrected chi connectivity index (χ3v) is 6.80. The Balaban J connectivity index is 1.35. The minimum Gasteiger partial charge on any atom is -0.496 e. The number of hydrogen-bond donors (Lipinski definition) is 1. The third kappa shape index (κ3) is 5.63. The van der Waals surface area contributed by atoms with Gasteiger partial charge in [0.05, 0.1) is 31.5 Å². The monoisotopic (exact) mass is 541 g/mol. The molecular weight excluding hydrogens is 510 g/mol. The van der Waals surface area contributed by atoms with Crippen LogP contribution in [-0.4, -0.2) is 53.6 Å². The van der Waals surface area contributed by atoms with Crippen LogP contribution < -0.4 is 14.4 Å². The van der Waals surface area contributed by atoms with Crippen LogP contribution >= 0.6 is 0 Å². The number of esters is 1. The maximum atomic E-state index is 12.5. The van der Waals surface area contributed by atoms with E-state index in [0.717, 1.165) is 40.6 Å². The quantitative estimate of drug-likeness (QED) is 0.219. The van der Waals surface area contributed by atoms with Gasteiger partial charge >= 0.3 is 12.1 Å². The summed E-state index contributed by atoms with van der Waals surface area (Å²) >= 11 is 0. The van der Waals surface area contributed by atoms with Crippen LogP contribution in [0.2, 0.25) is 0 Å². The molecular formula is C31H31N3O6. The molecule has 0 unspecified atom stereocenters. The molecule has 0 fully saturated rings. The van der Waals surface area contributed by atoms with Gasteiger partial charge in [-0.25, -0.2) is 14.6 Å². The maximum absolute atomic E-state index is 12.5. The molecule has 3 heterocycles. The Morgan fingerprint density at radius 2 is 1.95 bits per heavy atom. The molecule has 5 rings (SSSR count). The Labute approximate surface area is 232 Å². The fraction of sp³-hybridized carbons (Fsp3) is 0.258. The summed E-state index contributed by atoms with van der Waals surface area (Å²) in [5.74, 6) is 1.43. The van der Waals surface area contributed by atoms with Gasteiger partial charge in [0.25, 0.3) is 0 Å². The molecule has 9 heteroatoms. The maximum Gasteiger partial charge on any atom is 0.413 e. The summed E-state index contributed by atoms with van der Waals surface area (Å²) in [6.45, 7) is 2.90. The van der Waals surface area contributed by atoms with Gasteiger partial charge in [-0.3, -0.25) is 4.90 Å². The van der Waals surface area contributed by atoms with Gasteiger partial charge in [0.2, 0.25) is 0 Å². The molecule has 9 nitrogen and oxygen atoms in total. The normalized spacial score (nSPS) is 13.2. The van der Waals surface area contributed by atoms with Crippen LogP contribution in [0.1, 0.15) is 30.2 Å². The Bertz CT molecular complexity index is 1570. The molecule has 2 aromatic heterocycles. The number of pyridine rings is 1. The molecule has 0 bridgehead atoms. The largest absolute Gasteiger partial charge is 0.496 e. The fourth-order valence-electron chi connectivity index (χ4n) is 4.93. The summed E-state index contributed by atoms with van der Waals surface area (Å²) in [6.07, 6.45) is 4.57. The molecule has 40 heavy (non-hydrogen) atoms. The van der Waals surface area contributed by atoms with Crippen LogP contribution in [0.15, 0.2) is 72.9 Å². The molecule has 1 aliphatic rings. The van der Waals surface area contributed by atoms with Crippen LogP contribution in [0.3, 0.4) is 0 Å². The predicted octanol–water partition coefficient (Wildman–Crippen LogP) is 5.55. The zero-order valence-corrected chi connectivity index (χ0v) is 22.5. The second-order valence-corrected chi connectivity index (χ2v) is 9.31. The van der Waals surface area contributed by atoms with E-state index in [1.54, 1.807) is 14.0 Å². The minimum absolute atomic E-state index is 0.278. The average Bonchev–Trinajstić information content (AvgIpc) is 3.38. The summed E-state index contributed by atoms with van der Waals surface area (Å²) < 4.78 is 18.7. The van der Waals surface area contributed by atoms with E-state index < -0.39 is 12.1 Å². The molecule has 0 saturated carbocycles. The number of carboxylic acid groups (broad SMARTS) is 1. The van der Waals surface area contributed by atoms with Crippen molar-refractivity contribution in [1.29, 1.82) is 0 Å². The van der Waals surface area contributed by atoms with Gasteiger partial charge in [0.1, 0.15) is 17.3 Å². The number of benzene rings is 2. The van der Waals surface area contributed by atoms with E-state index in [1.165, 1.54) is 11.0 Å². The standard InChI is InChI=1S/C31H31N3O6/c1-3-39-29(35)20-27(25-8-4-5-9-28(25)38-2)33-17-14-22-19-24(12-13-26(22)33)40-18-15-23-11-10-21-7-6-16-34(31(36)37)30(21)32-23/h4-5,8-14,17,19-20H,3,6-7,15-16,18H2,1-2H3,(H,36,37)/b27-20+. The number of aromatic nitrogens is 2. The molecule has 1 aliphatic heterocycles. The number of fused-ring (bicyclic) bond motifs is 2. The Morgan fingerprint density at radius 3 is 2.75 bits per heavy atom. The number of carbonyl (C=O) groups excluding carboxylic acids is 1. The number of anilines is 1. The molecule has 0 spiro atoms. The molecule has 206 valence electrons. The minimum atomic E-state index is -0.979. The van der Waals surface area contributed by atoms with Crippen LogP contribution in [0.5, 0.6) is 11.5 Å². The van der Waals surface area contributed by atoms with E-state index in [0.29, 0.717) is 42.6 Å². The topological polar surface area (TPSA) is 103 Å². The summed E-state index contributed by atoms with van der Waals surface area (Å²) in [5, 5.41) is 10.4. The van der Waals surface area contributed by atoms with Gasteiger partial charge in [0.15, 0.2) is 0 Å². The van der Waals surface area contributed by atoms with Crippen molar-refractivity contribution in [2.24, 2.45) is 0 Å². The first-order valence-corrected chi connectivity index (χ1v) is 13.2. The Morgan fingerprint density at radius 1 is 1.10 bits per heavy atom. The lowest BCUT2D eigenvalue weighted by Crippen LogP contribution is -2.35. The smallest absolute Gasteiger partial charge is 0.413 e. The number of methoxy groups -OCH3 is 1. The van der Waals surface area contributed by atoms with E-state index in [1.807, 2.05) is 71.4 Å². The highest BCUT2D eigenvalue weighted by molar-refractivity contribution is 5.95. The Hall–Kier alpha value is -4.79. The number of carbonyl (C=O) groups is 2. The molecule has 0 aliphatic carbocycles. The second-order valence-electron chi connectivity index (χ2n) is 9.31. The Kier molecular flexibility index (Phi) is 8.00. The fourth-order valence-corrected chi connectivity index (χ4v) is 4.93. The van der Waals surface area contributed by atoms with Crippen molar-refractivity contribution in [2.75, 3.05) is 31.8 Å². The summed E-state index contributed by atoms with van der Waals surface area (Å²) in [5.41, 5.74) is 4.02. The van der Waals surface area contributed by atoms with E-state index >= 15 is 0 Å². The first kappa shape index (κ1) is 26.8. The van der Waals surface area contributed by atoms with Crippen LogP contribution in [0, 0.1) is 0 Å². The summed E-state index contributed by atoms with van der Waals surface area (Å²) in [7, 11) is 1.60. The number of rotatable bonds is 9. The van der Waals surface area contributed by atoms with Crippen molar-refractivity contribution in [1.82, 2.24) is 9.55 Å². The molecule has 2 aromatic carbocycles. The van der Waals surface area contributed by atoms with Crippen molar-refractivity contribution >= 4 is 34.5 Å². The molecule has 0 radical (unpaired) electrons. The SMILES string of the molecule is CCOC(=O)/C=C(\c1ccccc1OC)n1ccc2cc(OCCc3ccc4c(n3)N(C(=O)O)CCC4)ccc21. The van der Waals surface area contributed by atoms with E-state index in [-0.39, 0.29) is 6.61 Å². The summed E-state index contributed by atoms with van der Waals surface area (Å²) in [6, 6.07) is 19.2. The third-order valence-electron chi connectivity index (χ3n) is 6.80. The van der Waals surface area contributed by atoms with Gasteiger partial charge in [-0.2, -0.15) is 0 Å². The highest BCUT2D eigenvalue weighted by Gasteiger charge is 2.23. The number of ether oxygens (including phenoxy) is 3. The van der Waals surface area contributed by atoms with Crippen molar-refractivity contribution < 1.29 is 28.9 Å². The van der Waals surface area contributed by atoms with Gasteiger partial charge in [-0.05, 0) is 67.8 Å². The van der Waals surface area contributed by atoms with Crippen molar-refractivity contribution in [3.63, 3.8) is 0 Å². The summed E-state index contributed by atoms with van der Waals surface area (Å²) in [4.78, 5) is 30.0. The van der Waals surface area contributed by atoms with Crippen LogP contribution in [0.4, 0.5) is 10.6 Å². The van der Waals surface area contributed by atoms with E-state index in [4.69, 9.17) is 14.2 Å². The highest BCUT2D eigenvalue weighted by Crippen LogP contribution is 2.32. The van der Waals surface area contributed by atoms with E-state index in [9.17, 15) is 14.7 Å². The first-order chi connectivity index (χ1) is 19.5. The molecule has 1 N–H and O–H groups in total. The number of amides is 1. The highest BCUT2D eigenvalue weighted by atomic mass is 16.5. The van der Waals surface area contributed by atoms with Crippen molar-refractivity contribution in [3.05, 3.63) is 89.8 Å². The van der Waals surface area contributed by atoms with Crippen molar-refractivity contribution in [2.45, 2.75) is 26.2 Å². The van der Waals surface area contributed by atoms with Gasteiger partial charge < -0.3 is 23.9 Å². The molecule has 0 atom stereocenters. The molecule has 4 aromatic rings. The van der Waals surface area contributed by atoms with Gasteiger partial charge in [-0.1, -0.05) is 18.2 Å².